The maximum Gasteiger partial charge on any atom is 0.338 e. The molecule has 0 amide bonds. The Morgan fingerprint density at radius 2 is 1.77 bits per heavy atom. The molecule has 0 aromatic heterocycles. The van der Waals surface area contributed by atoms with Gasteiger partial charge in [-0.05, 0) is 12.1 Å². The summed E-state index contributed by atoms with van der Waals surface area (Å²) in [6.45, 7) is -0.388. The van der Waals surface area contributed by atoms with Crippen LogP contribution in [-0.2, 0) is 9.47 Å². The van der Waals surface area contributed by atoms with Crippen molar-refractivity contribution in [3.8, 4) is 17.2 Å². The Labute approximate surface area is 123 Å². The number of rotatable bonds is 0. The Hall–Kier alpha value is -2.07. The molecule has 0 spiro atoms. The largest absolute Gasteiger partial charge is 0.504 e. The molecule has 9 nitrogen and oxygen atoms in total. The lowest BCUT2D eigenvalue weighted by molar-refractivity contribution is -0.277. The standard InChI is InChI=1S/C13H14O9/c14-5-1-4-2-6(8(5)15)21-13-11(18)10(17)9(16)7(22-13)3-20-12(4)19/h1-2,7,9-11,13-18H,3H2. The van der Waals surface area contributed by atoms with E-state index in [2.05, 4.69) is 0 Å². The van der Waals surface area contributed by atoms with Crippen molar-refractivity contribution < 1.29 is 44.5 Å². The summed E-state index contributed by atoms with van der Waals surface area (Å²) in [4.78, 5) is 11.9. The molecule has 120 valence electrons. The first-order valence-corrected chi connectivity index (χ1v) is 6.48. The van der Waals surface area contributed by atoms with Crippen molar-refractivity contribution in [1.29, 1.82) is 0 Å². The molecule has 2 aliphatic rings. The van der Waals surface area contributed by atoms with Crippen molar-refractivity contribution in [2.24, 2.45) is 0 Å². The van der Waals surface area contributed by atoms with Crippen LogP contribution < -0.4 is 4.74 Å². The minimum atomic E-state index is -1.61. The topological polar surface area (TPSA) is 146 Å². The third-order valence-corrected chi connectivity index (χ3v) is 3.58. The van der Waals surface area contributed by atoms with Gasteiger partial charge in [0.1, 0.15) is 31.0 Å². The summed E-state index contributed by atoms with van der Waals surface area (Å²) >= 11 is 0. The number of fused-ring (bicyclic) bond motifs is 4. The highest BCUT2D eigenvalue weighted by Gasteiger charge is 2.46. The summed E-state index contributed by atoms with van der Waals surface area (Å²) in [5.41, 5.74) is -0.0881. The fourth-order valence-corrected chi connectivity index (χ4v) is 2.32. The number of benzene rings is 1. The molecular weight excluding hydrogens is 300 g/mol. The molecular formula is C13H14O9. The predicted molar refractivity (Wildman–Crippen MR) is 67.4 cm³/mol. The number of esters is 1. The van der Waals surface area contributed by atoms with Gasteiger partial charge in [-0.1, -0.05) is 0 Å². The lowest BCUT2D eigenvalue weighted by Crippen LogP contribution is -2.60. The van der Waals surface area contributed by atoms with Crippen molar-refractivity contribution in [3.05, 3.63) is 17.7 Å². The fraction of sp³-hybridized carbons (Fsp3) is 0.462. The second kappa shape index (κ2) is 5.29. The van der Waals surface area contributed by atoms with Gasteiger partial charge in [0.2, 0.25) is 12.0 Å². The number of ether oxygens (including phenoxy) is 3. The van der Waals surface area contributed by atoms with E-state index < -0.39 is 48.2 Å². The van der Waals surface area contributed by atoms with Gasteiger partial charge < -0.3 is 39.7 Å². The van der Waals surface area contributed by atoms with Gasteiger partial charge >= 0.3 is 5.97 Å². The minimum Gasteiger partial charge on any atom is -0.504 e. The van der Waals surface area contributed by atoms with Crippen LogP contribution in [0.15, 0.2) is 12.1 Å². The van der Waals surface area contributed by atoms with Gasteiger partial charge in [0.25, 0.3) is 0 Å². The van der Waals surface area contributed by atoms with Crippen LogP contribution in [0.4, 0.5) is 0 Å². The van der Waals surface area contributed by atoms with Crippen LogP contribution in [0, 0.1) is 0 Å². The average molecular weight is 314 g/mol. The van der Waals surface area contributed by atoms with Crippen LogP contribution in [0.25, 0.3) is 0 Å². The van der Waals surface area contributed by atoms with Gasteiger partial charge in [0, 0.05) is 0 Å². The van der Waals surface area contributed by atoms with Gasteiger partial charge in [-0.25, -0.2) is 4.79 Å². The molecule has 1 saturated heterocycles. The molecule has 2 aliphatic heterocycles. The Balaban J connectivity index is 2.03. The zero-order chi connectivity index (χ0) is 16.0. The number of carbonyl (C=O) groups excluding carboxylic acids is 1. The highest BCUT2D eigenvalue weighted by Crippen LogP contribution is 2.39. The summed E-state index contributed by atoms with van der Waals surface area (Å²) < 4.78 is 15.4. The molecule has 5 atom stereocenters. The van der Waals surface area contributed by atoms with Crippen LogP contribution in [0.3, 0.4) is 0 Å². The summed E-state index contributed by atoms with van der Waals surface area (Å²) in [7, 11) is 0. The summed E-state index contributed by atoms with van der Waals surface area (Å²) in [6.07, 6.45) is -7.23. The predicted octanol–water partition coefficient (Wildman–Crippen LogP) is -1.55. The number of cyclic esters (lactones) is 1. The zero-order valence-electron chi connectivity index (χ0n) is 11.1. The summed E-state index contributed by atoms with van der Waals surface area (Å²) in [5.74, 6) is -2.45. The third kappa shape index (κ3) is 2.33. The van der Waals surface area contributed by atoms with Crippen LogP contribution in [0.1, 0.15) is 10.4 Å². The van der Waals surface area contributed by atoms with Crippen LogP contribution in [-0.4, -0.2) is 68.8 Å². The molecule has 2 heterocycles. The van der Waals surface area contributed by atoms with Gasteiger partial charge in [0.05, 0.1) is 5.56 Å². The van der Waals surface area contributed by atoms with E-state index in [4.69, 9.17) is 14.2 Å². The lowest BCUT2D eigenvalue weighted by Gasteiger charge is -2.40. The first kappa shape index (κ1) is 14.9. The van der Waals surface area contributed by atoms with Gasteiger partial charge in [-0.15, -0.1) is 0 Å². The molecule has 3 rings (SSSR count). The molecule has 0 radical (unpaired) electrons. The SMILES string of the molecule is O=C1OCC2OC(Oc3cc1cc(O)c3O)C(O)C(O)C2O. The average Bonchev–Trinajstić information content (AvgIpc) is 2.49. The molecule has 1 aromatic rings. The van der Waals surface area contributed by atoms with Crippen LogP contribution >= 0.6 is 0 Å². The Kier molecular flexibility index (Phi) is 3.57. The molecule has 22 heavy (non-hydrogen) atoms. The Bertz CT molecular complexity index is 601. The van der Waals surface area contributed by atoms with Crippen molar-refractivity contribution >= 4 is 5.97 Å². The number of phenols is 2. The first-order chi connectivity index (χ1) is 10.4. The highest BCUT2D eigenvalue weighted by atomic mass is 16.7. The maximum atomic E-state index is 11.9. The number of hydrogen-bond acceptors (Lipinski definition) is 9. The Morgan fingerprint density at radius 3 is 2.50 bits per heavy atom. The van der Waals surface area contributed by atoms with Gasteiger partial charge in [-0.3, -0.25) is 0 Å². The number of hydrogen-bond donors (Lipinski definition) is 5. The first-order valence-electron chi connectivity index (χ1n) is 6.48. The fourth-order valence-electron chi connectivity index (χ4n) is 2.32. The van der Waals surface area contributed by atoms with Crippen molar-refractivity contribution in [2.75, 3.05) is 6.61 Å². The summed E-state index contributed by atoms with van der Waals surface area (Å²) in [6, 6.07) is 2.09. The van der Waals surface area contributed by atoms with E-state index in [1.54, 1.807) is 0 Å². The lowest BCUT2D eigenvalue weighted by atomic mass is 9.99. The van der Waals surface area contributed by atoms with Crippen LogP contribution in [0.5, 0.6) is 17.2 Å². The quantitative estimate of drug-likeness (QED) is 0.284. The highest BCUT2D eigenvalue weighted by molar-refractivity contribution is 5.91. The van der Waals surface area contributed by atoms with Crippen LogP contribution in [0.2, 0.25) is 0 Å². The van der Waals surface area contributed by atoms with E-state index in [1.165, 1.54) is 0 Å². The van der Waals surface area contributed by atoms with E-state index in [1.807, 2.05) is 0 Å². The summed E-state index contributed by atoms with van der Waals surface area (Å²) in [5, 5.41) is 48.8. The number of aliphatic hydroxyl groups is 3. The van der Waals surface area contributed by atoms with Crippen molar-refractivity contribution in [3.63, 3.8) is 0 Å². The van der Waals surface area contributed by atoms with E-state index in [0.29, 0.717) is 0 Å². The zero-order valence-corrected chi connectivity index (χ0v) is 11.1. The second-order valence-corrected chi connectivity index (χ2v) is 5.07. The normalized spacial score (nSPS) is 34.5. The molecule has 0 aliphatic carbocycles. The van der Waals surface area contributed by atoms with E-state index in [0.717, 1.165) is 12.1 Å². The number of aliphatic hydroxyl groups excluding tert-OH is 3. The van der Waals surface area contributed by atoms with Gasteiger partial charge in [-0.2, -0.15) is 0 Å². The molecule has 1 fully saturated rings. The molecule has 5 unspecified atom stereocenters. The number of aromatic hydroxyl groups is 2. The van der Waals surface area contributed by atoms with E-state index in [9.17, 15) is 30.3 Å². The number of carbonyl (C=O) groups is 1. The Morgan fingerprint density at radius 1 is 1.05 bits per heavy atom. The molecule has 4 bridgehead atoms. The minimum absolute atomic E-state index is 0.0881. The smallest absolute Gasteiger partial charge is 0.338 e. The molecule has 5 N–H and O–H groups in total. The van der Waals surface area contributed by atoms with Gasteiger partial charge in [0.15, 0.2) is 11.5 Å². The molecule has 0 saturated carbocycles. The van der Waals surface area contributed by atoms with E-state index >= 15 is 0 Å². The second-order valence-electron chi connectivity index (χ2n) is 5.07. The third-order valence-electron chi connectivity index (χ3n) is 3.58. The van der Waals surface area contributed by atoms with Crippen molar-refractivity contribution in [2.45, 2.75) is 30.7 Å². The molecule has 1 aromatic carbocycles. The van der Waals surface area contributed by atoms with Crippen molar-refractivity contribution in [1.82, 2.24) is 0 Å². The molecule has 9 heteroatoms. The number of phenolic OH excluding ortho intramolecular Hbond substituents is 2. The monoisotopic (exact) mass is 314 g/mol. The van der Waals surface area contributed by atoms with E-state index in [-0.39, 0.29) is 17.9 Å². The maximum absolute atomic E-state index is 11.9.